The largest absolute Gasteiger partial charge is 0.378 e. The van der Waals surface area contributed by atoms with Crippen LogP contribution in [0.2, 0.25) is 0 Å². The third-order valence-electron chi connectivity index (χ3n) is 6.36. The summed E-state index contributed by atoms with van der Waals surface area (Å²) >= 11 is 1.70. The van der Waals surface area contributed by atoms with Crippen LogP contribution >= 0.6 is 11.3 Å². The maximum Gasteiger partial charge on any atom is 0.221 e. The van der Waals surface area contributed by atoms with Crippen molar-refractivity contribution >= 4 is 49.0 Å². The van der Waals surface area contributed by atoms with E-state index in [2.05, 4.69) is 21.2 Å². The quantitative estimate of drug-likeness (QED) is 0.517. The fraction of sp³-hybridized carbons (Fsp3) is 0.458. The Labute approximate surface area is 214 Å². The van der Waals surface area contributed by atoms with Crippen LogP contribution in [0.1, 0.15) is 11.8 Å². The predicted molar refractivity (Wildman–Crippen MR) is 142 cm³/mol. The van der Waals surface area contributed by atoms with E-state index in [9.17, 15) is 13.2 Å². The maximum absolute atomic E-state index is 11.8. The van der Waals surface area contributed by atoms with Crippen molar-refractivity contribution < 1.29 is 17.9 Å². The van der Waals surface area contributed by atoms with Crippen molar-refractivity contribution in [2.45, 2.75) is 13.5 Å². The smallest absolute Gasteiger partial charge is 0.221 e. The molecule has 0 spiro atoms. The summed E-state index contributed by atoms with van der Waals surface area (Å²) in [6.07, 6.45) is 1.27. The number of amides is 1. The van der Waals surface area contributed by atoms with Crippen molar-refractivity contribution in [3.8, 4) is 11.4 Å². The molecule has 0 bridgehead atoms. The van der Waals surface area contributed by atoms with Crippen LogP contribution in [-0.4, -0.2) is 92.2 Å². The Morgan fingerprint density at radius 3 is 2.39 bits per heavy atom. The Morgan fingerprint density at radius 2 is 1.75 bits per heavy atom. The number of ether oxygens (including phenoxy) is 1. The van der Waals surface area contributed by atoms with Crippen LogP contribution in [0.3, 0.4) is 0 Å². The number of benzene rings is 1. The van der Waals surface area contributed by atoms with E-state index >= 15 is 0 Å². The van der Waals surface area contributed by atoms with Crippen LogP contribution < -0.4 is 10.2 Å². The summed E-state index contributed by atoms with van der Waals surface area (Å²) in [5.74, 6) is 1.45. The minimum Gasteiger partial charge on any atom is -0.378 e. The van der Waals surface area contributed by atoms with Gasteiger partial charge in [0, 0.05) is 68.9 Å². The van der Waals surface area contributed by atoms with E-state index in [1.807, 2.05) is 24.3 Å². The van der Waals surface area contributed by atoms with Gasteiger partial charge in [-0.05, 0) is 30.3 Å². The van der Waals surface area contributed by atoms with Crippen LogP contribution in [0.25, 0.3) is 21.6 Å². The van der Waals surface area contributed by atoms with E-state index < -0.39 is 10.0 Å². The number of anilines is 2. The molecule has 5 rings (SSSR count). The SMILES string of the molecule is CC(=O)Nc1ccc(-c2nc(N3CCOCC3)c3sc(CN4CCN(S(C)(=O)=O)CC4)cc3n2)cc1. The number of sulfonamides is 1. The first kappa shape index (κ1) is 25.0. The standard InChI is InChI=1S/C24H30N6O4S2/c1-17(31)25-19-5-3-18(4-6-19)23-26-21-15-20(16-28-7-9-30(10-8-28)36(2,32)33)35-22(21)24(27-23)29-11-13-34-14-12-29/h3-6,15H,7-14,16H2,1-2H3,(H,25,31). The number of morpholine rings is 1. The van der Waals surface area contributed by atoms with Gasteiger partial charge in [-0.25, -0.2) is 18.4 Å². The third kappa shape index (κ3) is 5.68. The van der Waals surface area contributed by atoms with E-state index in [4.69, 9.17) is 14.7 Å². The molecule has 1 aromatic carbocycles. The zero-order chi connectivity index (χ0) is 25.3. The number of carbonyl (C=O) groups excluding carboxylic acids is 1. The Kier molecular flexibility index (Phi) is 7.22. The molecule has 0 aliphatic carbocycles. The molecule has 2 aromatic heterocycles. The average Bonchev–Trinajstić information content (AvgIpc) is 3.26. The summed E-state index contributed by atoms with van der Waals surface area (Å²) in [4.78, 5) is 27.0. The molecule has 0 atom stereocenters. The number of rotatable bonds is 6. The van der Waals surface area contributed by atoms with Crippen LogP contribution in [-0.2, 0) is 26.1 Å². The highest BCUT2D eigenvalue weighted by atomic mass is 32.2. The van der Waals surface area contributed by atoms with E-state index in [0.29, 0.717) is 45.2 Å². The van der Waals surface area contributed by atoms with Gasteiger partial charge in [-0.15, -0.1) is 11.3 Å². The lowest BCUT2D eigenvalue weighted by Gasteiger charge is -2.32. The van der Waals surface area contributed by atoms with E-state index in [1.165, 1.54) is 18.1 Å². The molecule has 2 fully saturated rings. The van der Waals surface area contributed by atoms with Crippen molar-refractivity contribution in [2.24, 2.45) is 0 Å². The Morgan fingerprint density at radius 1 is 1.06 bits per heavy atom. The molecule has 10 nitrogen and oxygen atoms in total. The number of fused-ring (bicyclic) bond motifs is 1. The second kappa shape index (κ2) is 10.4. The normalized spacial score (nSPS) is 18.0. The lowest BCUT2D eigenvalue weighted by Crippen LogP contribution is -2.47. The highest BCUT2D eigenvalue weighted by Gasteiger charge is 2.25. The summed E-state index contributed by atoms with van der Waals surface area (Å²) in [5.41, 5.74) is 2.52. The second-order valence-corrected chi connectivity index (χ2v) is 12.2. The van der Waals surface area contributed by atoms with Crippen LogP contribution in [0.5, 0.6) is 0 Å². The average molecular weight is 531 g/mol. The molecule has 0 saturated carbocycles. The van der Waals surface area contributed by atoms with Crippen LogP contribution in [0.4, 0.5) is 11.5 Å². The van der Waals surface area contributed by atoms with Crippen LogP contribution in [0.15, 0.2) is 30.3 Å². The zero-order valence-electron chi connectivity index (χ0n) is 20.4. The summed E-state index contributed by atoms with van der Waals surface area (Å²) in [6.45, 7) is 7.54. The molecule has 4 heterocycles. The number of nitrogens with one attached hydrogen (secondary N) is 1. The van der Waals surface area contributed by atoms with Crippen molar-refractivity contribution in [3.63, 3.8) is 0 Å². The monoisotopic (exact) mass is 530 g/mol. The topological polar surface area (TPSA) is 108 Å². The van der Waals surface area contributed by atoms with Gasteiger partial charge in [0.2, 0.25) is 15.9 Å². The van der Waals surface area contributed by atoms with Gasteiger partial charge < -0.3 is 15.0 Å². The first-order valence-corrected chi connectivity index (χ1v) is 14.6. The highest BCUT2D eigenvalue weighted by Crippen LogP contribution is 2.35. The predicted octanol–water partition coefficient (Wildman–Crippen LogP) is 2.23. The van der Waals surface area contributed by atoms with Crippen LogP contribution in [0, 0.1) is 0 Å². The maximum atomic E-state index is 11.8. The number of carbonyl (C=O) groups is 1. The van der Waals surface area contributed by atoms with Gasteiger partial charge in [0.05, 0.1) is 29.7 Å². The number of hydrogen-bond acceptors (Lipinski definition) is 9. The molecule has 36 heavy (non-hydrogen) atoms. The first-order chi connectivity index (χ1) is 17.3. The van der Waals surface area contributed by atoms with E-state index in [-0.39, 0.29) is 5.91 Å². The summed E-state index contributed by atoms with van der Waals surface area (Å²) in [5, 5.41) is 2.79. The lowest BCUT2D eigenvalue weighted by atomic mass is 10.2. The third-order valence-corrected chi connectivity index (χ3v) is 8.77. The molecule has 0 radical (unpaired) electrons. The summed E-state index contributed by atoms with van der Waals surface area (Å²) < 4.78 is 31.8. The van der Waals surface area contributed by atoms with E-state index in [0.717, 1.165) is 46.9 Å². The number of piperazine rings is 1. The lowest BCUT2D eigenvalue weighted by molar-refractivity contribution is -0.114. The van der Waals surface area contributed by atoms with Gasteiger partial charge in [-0.1, -0.05) is 0 Å². The Balaban J connectivity index is 1.43. The van der Waals surface area contributed by atoms with Crippen molar-refractivity contribution in [2.75, 3.05) is 69.0 Å². The van der Waals surface area contributed by atoms with E-state index in [1.54, 1.807) is 15.6 Å². The van der Waals surface area contributed by atoms with Crippen molar-refractivity contribution in [3.05, 3.63) is 35.2 Å². The molecular formula is C24H30N6O4S2. The molecular weight excluding hydrogens is 500 g/mol. The minimum absolute atomic E-state index is 0.112. The molecule has 2 saturated heterocycles. The van der Waals surface area contributed by atoms with Gasteiger partial charge in [0.15, 0.2) is 11.6 Å². The molecule has 3 aromatic rings. The van der Waals surface area contributed by atoms with Gasteiger partial charge in [-0.2, -0.15) is 4.31 Å². The van der Waals surface area contributed by atoms with Crippen molar-refractivity contribution in [1.82, 2.24) is 19.2 Å². The molecule has 192 valence electrons. The molecule has 2 aliphatic heterocycles. The molecule has 12 heteroatoms. The fourth-order valence-electron chi connectivity index (χ4n) is 4.51. The molecule has 1 N–H and O–H groups in total. The van der Waals surface area contributed by atoms with Gasteiger partial charge in [0.25, 0.3) is 0 Å². The Hall–Kier alpha value is -2.64. The highest BCUT2D eigenvalue weighted by molar-refractivity contribution is 7.88. The molecule has 1 amide bonds. The number of aromatic nitrogens is 2. The summed E-state index contributed by atoms with van der Waals surface area (Å²) in [6, 6.07) is 9.68. The number of thiophene rings is 1. The zero-order valence-corrected chi connectivity index (χ0v) is 22.1. The second-order valence-electron chi connectivity index (χ2n) is 9.09. The summed E-state index contributed by atoms with van der Waals surface area (Å²) in [7, 11) is -3.15. The van der Waals surface area contributed by atoms with Gasteiger partial charge >= 0.3 is 0 Å². The van der Waals surface area contributed by atoms with Gasteiger partial charge in [-0.3, -0.25) is 9.69 Å². The van der Waals surface area contributed by atoms with Gasteiger partial charge in [0.1, 0.15) is 0 Å². The first-order valence-electron chi connectivity index (χ1n) is 11.9. The number of hydrogen-bond donors (Lipinski definition) is 1. The van der Waals surface area contributed by atoms with Crippen molar-refractivity contribution in [1.29, 1.82) is 0 Å². The Bertz CT molecular complexity index is 1340. The fourth-order valence-corrected chi connectivity index (χ4v) is 6.49. The minimum atomic E-state index is -3.15. The molecule has 0 unspecified atom stereocenters. The molecule has 2 aliphatic rings. The number of nitrogens with zero attached hydrogens (tertiary/aromatic N) is 5.